The first kappa shape index (κ1) is 9.75. The Bertz CT molecular complexity index is 306. The van der Waals surface area contributed by atoms with Gasteiger partial charge in [0.15, 0.2) is 5.54 Å². The number of quaternary nitrogens is 1. The van der Waals surface area contributed by atoms with E-state index in [2.05, 4.69) is 0 Å². The van der Waals surface area contributed by atoms with Crippen molar-refractivity contribution in [3.63, 3.8) is 0 Å². The highest BCUT2D eigenvalue weighted by molar-refractivity contribution is 5.84. The van der Waals surface area contributed by atoms with Crippen LogP contribution in [0, 0.1) is 5.92 Å². The predicted molar refractivity (Wildman–Crippen MR) is 52.6 cm³/mol. The number of aliphatic hydroxyl groups is 1. The van der Waals surface area contributed by atoms with E-state index in [9.17, 15) is 9.90 Å². The molecule has 5 unspecified atom stereocenters. The van der Waals surface area contributed by atoms with Crippen LogP contribution < -0.4 is 4.90 Å². The van der Waals surface area contributed by atoms with Gasteiger partial charge in [0.05, 0.1) is 24.9 Å². The molecule has 0 amide bonds. The van der Waals surface area contributed by atoms with E-state index >= 15 is 0 Å². The van der Waals surface area contributed by atoms with Crippen LogP contribution in [0.2, 0.25) is 0 Å². The smallest absolute Gasteiger partial charge is 0.158 e. The molecular formula is C11H18NO3+. The summed E-state index contributed by atoms with van der Waals surface area (Å²) in [5.41, 5.74) is -0.297. The van der Waals surface area contributed by atoms with E-state index in [4.69, 9.17) is 4.74 Å². The maximum absolute atomic E-state index is 12.0. The van der Waals surface area contributed by atoms with Gasteiger partial charge in [-0.15, -0.1) is 0 Å². The van der Waals surface area contributed by atoms with Gasteiger partial charge in [-0.25, -0.2) is 0 Å². The van der Waals surface area contributed by atoms with Crippen LogP contribution >= 0.6 is 0 Å². The van der Waals surface area contributed by atoms with Crippen molar-refractivity contribution < 1.29 is 19.5 Å². The largest absolute Gasteiger partial charge is 0.390 e. The Morgan fingerprint density at radius 1 is 1.67 bits per heavy atom. The van der Waals surface area contributed by atoms with Gasteiger partial charge in [-0.3, -0.25) is 4.79 Å². The van der Waals surface area contributed by atoms with Crippen molar-refractivity contribution in [2.24, 2.45) is 5.92 Å². The molecule has 3 saturated heterocycles. The summed E-state index contributed by atoms with van der Waals surface area (Å²) in [6.07, 6.45) is 2.64. The molecule has 4 heteroatoms. The molecule has 2 N–H and O–H groups in total. The summed E-state index contributed by atoms with van der Waals surface area (Å²) in [6, 6.07) is 0.397. The van der Waals surface area contributed by atoms with Gasteiger partial charge in [-0.1, -0.05) is 0 Å². The number of aliphatic hydroxyl groups excluding tert-OH is 1. The fourth-order valence-corrected chi connectivity index (χ4v) is 4.30. The molecule has 0 aromatic heterocycles. The van der Waals surface area contributed by atoms with Gasteiger partial charge in [0.1, 0.15) is 18.5 Å². The Kier molecular flexibility index (Phi) is 1.97. The third-order valence-corrected chi connectivity index (χ3v) is 4.87. The normalized spacial score (nSPS) is 52.5. The van der Waals surface area contributed by atoms with Crippen molar-refractivity contribution in [1.82, 2.24) is 0 Å². The Morgan fingerprint density at radius 3 is 3.13 bits per heavy atom. The zero-order valence-electron chi connectivity index (χ0n) is 9.03. The van der Waals surface area contributed by atoms with E-state index in [1.165, 1.54) is 4.90 Å². The van der Waals surface area contributed by atoms with Crippen LogP contribution in [0.15, 0.2) is 0 Å². The summed E-state index contributed by atoms with van der Waals surface area (Å²) in [4.78, 5) is 13.4. The fourth-order valence-electron chi connectivity index (χ4n) is 4.30. The number of hydrogen-bond donors (Lipinski definition) is 2. The molecule has 0 saturated carbocycles. The molecular weight excluding hydrogens is 194 g/mol. The zero-order valence-corrected chi connectivity index (χ0v) is 9.03. The molecule has 0 aromatic carbocycles. The van der Waals surface area contributed by atoms with Crippen LogP contribution in [-0.4, -0.2) is 48.8 Å². The van der Waals surface area contributed by atoms with Crippen molar-refractivity contribution in [3.8, 4) is 0 Å². The Hall–Kier alpha value is -0.450. The molecule has 5 atom stereocenters. The van der Waals surface area contributed by atoms with Crippen molar-refractivity contribution in [2.45, 2.75) is 36.9 Å². The maximum atomic E-state index is 12.0. The average Bonchev–Trinajstić information content (AvgIpc) is 2.65. The number of Topliss-reactive ketones (excluding diaryl/α,β-unsaturated/α-hetero) is 1. The highest BCUT2D eigenvalue weighted by Crippen LogP contribution is 2.40. The van der Waals surface area contributed by atoms with E-state index < -0.39 is 0 Å². The van der Waals surface area contributed by atoms with Crippen LogP contribution in [0.3, 0.4) is 0 Å². The first-order valence-corrected chi connectivity index (χ1v) is 5.76. The average molecular weight is 212 g/mol. The lowest BCUT2D eigenvalue weighted by molar-refractivity contribution is -0.954. The zero-order chi connectivity index (χ0) is 10.6. The molecule has 3 aliphatic heterocycles. The third-order valence-electron chi connectivity index (χ3n) is 4.87. The number of ether oxygens (including phenoxy) is 1. The van der Waals surface area contributed by atoms with Gasteiger partial charge >= 0.3 is 0 Å². The first-order valence-electron chi connectivity index (χ1n) is 5.76. The predicted octanol–water partition coefficient (Wildman–Crippen LogP) is -1.62. The van der Waals surface area contributed by atoms with Crippen LogP contribution in [-0.2, 0) is 9.53 Å². The standard InChI is InChI=1S/C11H17NO3/c1-15-10-5-7-4-9(14)8-2-3-12(7)11(8,10)6-13/h7-8,10,13H,2-6H2,1H3/p+1. The lowest BCUT2D eigenvalue weighted by atomic mass is 9.78. The lowest BCUT2D eigenvalue weighted by Gasteiger charge is -2.39. The first-order chi connectivity index (χ1) is 7.24. The van der Waals surface area contributed by atoms with Gasteiger partial charge in [-0.05, 0) is 0 Å². The minimum Gasteiger partial charge on any atom is -0.390 e. The van der Waals surface area contributed by atoms with E-state index in [1.807, 2.05) is 0 Å². The van der Waals surface area contributed by atoms with E-state index in [0.29, 0.717) is 18.2 Å². The number of piperidine rings is 1. The summed E-state index contributed by atoms with van der Waals surface area (Å²) >= 11 is 0. The highest BCUT2D eigenvalue weighted by Gasteiger charge is 2.70. The summed E-state index contributed by atoms with van der Waals surface area (Å²) in [5, 5.41) is 9.72. The van der Waals surface area contributed by atoms with Gasteiger partial charge in [0.2, 0.25) is 0 Å². The molecule has 3 heterocycles. The second kappa shape index (κ2) is 3.03. The Balaban J connectivity index is 2.07. The number of hydrogen-bond acceptors (Lipinski definition) is 3. The SMILES string of the molecule is COC1CC2CC(=O)C3CC[NH+]2C13CO. The number of methoxy groups -OCH3 is 1. The van der Waals surface area contributed by atoms with Gasteiger partial charge in [-0.2, -0.15) is 0 Å². The Labute approximate surface area is 89.2 Å². The molecule has 4 bridgehead atoms. The molecule has 0 aromatic rings. The van der Waals surface area contributed by atoms with Crippen molar-refractivity contribution in [1.29, 1.82) is 0 Å². The quantitative estimate of drug-likeness (QED) is 0.578. The third kappa shape index (κ3) is 0.953. The van der Waals surface area contributed by atoms with Gasteiger partial charge in [0.25, 0.3) is 0 Å². The maximum Gasteiger partial charge on any atom is 0.158 e. The van der Waals surface area contributed by atoms with Gasteiger partial charge in [0, 0.05) is 20.0 Å². The minimum absolute atomic E-state index is 0.0428. The number of ketones is 1. The topological polar surface area (TPSA) is 51.0 Å². The van der Waals surface area contributed by atoms with Gasteiger partial charge < -0.3 is 14.7 Å². The molecule has 4 nitrogen and oxygen atoms in total. The number of carbonyl (C=O) groups is 1. The van der Waals surface area contributed by atoms with Crippen LogP contribution in [0.25, 0.3) is 0 Å². The summed E-state index contributed by atoms with van der Waals surface area (Å²) in [5.74, 6) is 0.399. The number of rotatable bonds is 2. The molecule has 3 aliphatic rings. The summed E-state index contributed by atoms with van der Waals surface area (Å²) in [6.45, 7) is 1.12. The lowest BCUT2D eigenvalue weighted by Crippen LogP contribution is -3.22. The monoisotopic (exact) mass is 212 g/mol. The van der Waals surface area contributed by atoms with Crippen molar-refractivity contribution in [2.75, 3.05) is 20.3 Å². The molecule has 0 spiro atoms. The minimum atomic E-state index is -0.297. The van der Waals surface area contributed by atoms with Crippen molar-refractivity contribution in [3.05, 3.63) is 0 Å². The number of nitrogens with one attached hydrogen (secondary N) is 1. The van der Waals surface area contributed by atoms with Crippen LogP contribution in [0.5, 0.6) is 0 Å². The second-order valence-electron chi connectivity index (χ2n) is 5.14. The highest BCUT2D eigenvalue weighted by atomic mass is 16.5. The molecule has 84 valence electrons. The summed E-state index contributed by atoms with van der Waals surface area (Å²) < 4.78 is 5.52. The molecule has 3 rings (SSSR count). The summed E-state index contributed by atoms with van der Waals surface area (Å²) in [7, 11) is 1.70. The van der Waals surface area contributed by atoms with Crippen LogP contribution in [0.4, 0.5) is 0 Å². The fraction of sp³-hybridized carbons (Fsp3) is 0.909. The van der Waals surface area contributed by atoms with Crippen molar-refractivity contribution >= 4 is 5.78 Å². The molecule has 15 heavy (non-hydrogen) atoms. The van der Waals surface area contributed by atoms with E-state index in [0.717, 1.165) is 19.4 Å². The second-order valence-corrected chi connectivity index (χ2v) is 5.14. The van der Waals surface area contributed by atoms with E-state index in [1.54, 1.807) is 7.11 Å². The Morgan fingerprint density at radius 2 is 2.47 bits per heavy atom. The number of carbonyl (C=O) groups excluding carboxylic acids is 1. The molecule has 0 radical (unpaired) electrons. The molecule has 0 aliphatic carbocycles. The van der Waals surface area contributed by atoms with E-state index in [-0.39, 0.29) is 24.2 Å². The molecule has 3 fully saturated rings. The van der Waals surface area contributed by atoms with Crippen LogP contribution in [0.1, 0.15) is 19.3 Å².